The second-order valence-electron chi connectivity index (χ2n) is 5.15. The van der Waals surface area contributed by atoms with Crippen LogP contribution in [0.3, 0.4) is 0 Å². The normalized spacial score (nSPS) is 11.5. The Bertz CT molecular complexity index is 777. The van der Waals surface area contributed by atoms with Crippen molar-refractivity contribution in [1.82, 2.24) is 19.1 Å². The van der Waals surface area contributed by atoms with Crippen molar-refractivity contribution in [3.63, 3.8) is 0 Å². The topological polar surface area (TPSA) is 69.8 Å². The van der Waals surface area contributed by atoms with Crippen LogP contribution in [0, 0.1) is 5.92 Å². The van der Waals surface area contributed by atoms with Crippen LogP contribution in [0.15, 0.2) is 14.6 Å². The minimum absolute atomic E-state index is 0.344. The van der Waals surface area contributed by atoms with E-state index in [9.17, 15) is 9.59 Å². The lowest BCUT2D eigenvalue weighted by Gasteiger charge is -2.11. The molecule has 0 saturated heterocycles. The molecule has 0 spiro atoms. The maximum Gasteiger partial charge on any atom is 0.332 e. The third kappa shape index (κ3) is 2.37. The van der Waals surface area contributed by atoms with Crippen LogP contribution < -0.4 is 11.2 Å². The molecule has 0 aliphatic carbocycles. The van der Waals surface area contributed by atoms with Gasteiger partial charge >= 0.3 is 5.69 Å². The lowest BCUT2D eigenvalue weighted by molar-refractivity contribution is 0.614. The van der Waals surface area contributed by atoms with Crippen molar-refractivity contribution in [3.8, 4) is 0 Å². The highest BCUT2D eigenvalue weighted by Gasteiger charge is 2.16. The van der Waals surface area contributed by atoms with Crippen LogP contribution in [0.4, 0.5) is 0 Å². The molecule has 0 atom stereocenters. The fourth-order valence-electron chi connectivity index (χ4n) is 2.08. The van der Waals surface area contributed by atoms with Crippen molar-refractivity contribution < 1.29 is 0 Å². The van der Waals surface area contributed by atoms with Gasteiger partial charge in [-0.3, -0.25) is 13.9 Å². The Labute approximate surface area is 120 Å². The van der Waals surface area contributed by atoms with E-state index in [1.165, 1.54) is 23.4 Å². The summed E-state index contributed by atoms with van der Waals surface area (Å²) in [6, 6.07) is 0. The van der Waals surface area contributed by atoms with Crippen LogP contribution in [0.5, 0.6) is 0 Å². The van der Waals surface area contributed by atoms with Crippen LogP contribution in [0.25, 0.3) is 11.0 Å². The Kier molecular flexibility index (Phi) is 3.99. The maximum absolute atomic E-state index is 12.3. The standard InChI is InChI=1S/C13H18N4O2S/c1-7(2)6-8-14-10-9(11(15-8)20-5)12(18)17(4)13(19)16(10)3/h7H,6H2,1-5H3. The van der Waals surface area contributed by atoms with Gasteiger partial charge in [-0.1, -0.05) is 13.8 Å². The summed E-state index contributed by atoms with van der Waals surface area (Å²) in [5.41, 5.74) is -0.305. The Morgan fingerprint density at radius 3 is 2.35 bits per heavy atom. The second-order valence-corrected chi connectivity index (χ2v) is 5.95. The van der Waals surface area contributed by atoms with E-state index in [1.54, 1.807) is 7.05 Å². The largest absolute Gasteiger partial charge is 0.332 e. The van der Waals surface area contributed by atoms with E-state index in [0.29, 0.717) is 34.2 Å². The molecule has 108 valence electrons. The average molecular weight is 294 g/mol. The fraction of sp³-hybridized carbons (Fsp3) is 0.538. The van der Waals surface area contributed by atoms with E-state index in [4.69, 9.17) is 0 Å². The summed E-state index contributed by atoms with van der Waals surface area (Å²) in [4.78, 5) is 33.1. The molecule has 0 aliphatic heterocycles. The van der Waals surface area contributed by atoms with Gasteiger partial charge in [-0.05, 0) is 12.2 Å². The molecule has 2 rings (SSSR count). The molecule has 7 heteroatoms. The quantitative estimate of drug-likeness (QED) is 0.622. The Balaban J connectivity index is 2.92. The van der Waals surface area contributed by atoms with Crippen LogP contribution in [-0.4, -0.2) is 25.4 Å². The van der Waals surface area contributed by atoms with E-state index in [2.05, 4.69) is 23.8 Å². The predicted octanol–water partition coefficient (Wildman–Crippen LogP) is 0.948. The lowest BCUT2D eigenvalue weighted by Crippen LogP contribution is -2.37. The van der Waals surface area contributed by atoms with Crippen molar-refractivity contribution in [2.45, 2.75) is 25.3 Å². The SMILES string of the molecule is CSc1nc(CC(C)C)nc2c1c(=O)n(C)c(=O)n2C. The molecule has 20 heavy (non-hydrogen) atoms. The first-order valence-corrected chi connectivity index (χ1v) is 7.60. The molecule has 0 amide bonds. The van der Waals surface area contributed by atoms with E-state index in [-0.39, 0.29) is 11.2 Å². The van der Waals surface area contributed by atoms with Gasteiger partial charge in [0, 0.05) is 20.5 Å². The minimum Gasteiger partial charge on any atom is -0.280 e. The predicted molar refractivity (Wildman–Crippen MR) is 80.3 cm³/mol. The van der Waals surface area contributed by atoms with E-state index >= 15 is 0 Å². The molecule has 0 N–H and O–H groups in total. The molecule has 0 aromatic carbocycles. The molecule has 0 aliphatic rings. The molecule has 0 bridgehead atoms. The average Bonchev–Trinajstić information content (AvgIpc) is 2.41. The molecule has 0 saturated carbocycles. The van der Waals surface area contributed by atoms with Crippen molar-refractivity contribution in [3.05, 3.63) is 26.7 Å². The van der Waals surface area contributed by atoms with Gasteiger partial charge in [0.05, 0.1) is 0 Å². The number of hydrogen-bond acceptors (Lipinski definition) is 5. The lowest BCUT2D eigenvalue weighted by atomic mass is 10.1. The summed E-state index contributed by atoms with van der Waals surface area (Å²) < 4.78 is 2.50. The van der Waals surface area contributed by atoms with Gasteiger partial charge in [-0.25, -0.2) is 14.8 Å². The van der Waals surface area contributed by atoms with Gasteiger partial charge in [0.1, 0.15) is 16.2 Å². The summed E-state index contributed by atoms with van der Waals surface area (Å²) in [5.74, 6) is 1.07. The molecule has 2 aromatic rings. The zero-order valence-corrected chi connectivity index (χ0v) is 13.1. The Morgan fingerprint density at radius 1 is 1.15 bits per heavy atom. The first-order valence-electron chi connectivity index (χ1n) is 6.37. The molecule has 0 fully saturated rings. The zero-order valence-electron chi connectivity index (χ0n) is 12.3. The van der Waals surface area contributed by atoms with Crippen molar-refractivity contribution in [1.29, 1.82) is 0 Å². The third-order valence-corrected chi connectivity index (χ3v) is 3.78. The fourth-order valence-corrected chi connectivity index (χ4v) is 2.66. The van der Waals surface area contributed by atoms with Crippen molar-refractivity contribution >= 4 is 22.8 Å². The smallest absolute Gasteiger partial charge is 0.280 e. The number of nitrogens with zero attached hydrogens (tertiary/aromatic N) is 4. The van der Waals surface area contributed by atoms with Gasteiger partial charge in [0.25, 0.3) is 5.56 Å². The molecular weight excluding hydrogens is 276 g/mol. The first kappa shape index (κ1) is 14.8. The molecule has 2 heterocycles. The van der Waals surface area contributed by atoms with Gasteiger partial charge in [0.2, 0.25) is 0 Å². The van der Waals surface area contributed by atoms with Crippen molar-refractivity contribution in [2.24, 2.45) is 20.0 Å². The monoisotopic (exact) mass is 294 g/mol. The highest BCUT2D eigenvalue weighted by Crippen LogP contribution is 2.20. The highest BCUT2D eigenvalue weighted by atomic mass is 32.2. The van der Waals surface area contributed by atoms with E-state index in [1.807, 2.05) is 6.26 Å². The number of thioether (sulfide) groups is 1. The molecular formula is C13H18N4O2S. The summed E-state index contributed by atoms with van der Waals surface area (Å²) in [5, 5.41) is 1.04. The second kappa shape index (κ2) is 5.40. The van der Waals surface area contributed by atoms with Crippen LogP contribution in [-0.2, 0) is 20.5 Å². The first-order chi connectivity index (χ1) is 9.36. The molecule has 6 nitrogen and oxygen atoms in total. The Hall–Kier alpha value is -1.63. The van der Waals surface area contributed by atoms with Gasteiger partial charge in [0.15, 0.2) is 5.65 Å². The Morgan fingerprint density at radius 2 is 1.80 bits per heavy atom. The summed E-state index contributed by atoms with van der Waals surface area (Å²) >= 11 is 1.40. The molecule has 2 aromatic heterocycles. The number of fused-ring (bicyclic) bond motifs is 1. The minimum atomic E-state index is -0.372. The van der Waals surface area contributed by atoms with Crippen molar-refractivity contribution in [2.75, 3.05) is 6.26 Å². The highest BCUT2D eigenvalue weighted by molar-refractivity contribution is 7.98. The maximum atomic E-state index is 12.3. The summed E-state index contributed by atoms with van der Waals surface area (Å²) in [6.07, 6.45) is 2.58. The van der Waals surface area contributed by atoms with Gasteiger partial charge < -0.3 is 0 Å². The summed E-state index contributed by atoms with van der Waals surface area (Å²) in [6.45, 7) is 4.16. The number of aromatic nitrogens is 4. The van der Waals surface area contributed by atoms with Gasteiger partial charge in [-0.15, -0.1) is 11.8 Å². The van der Waals surface area contributed by atoms with Gasteiger partial charge in [-0.2, -0.15) is 0 Å². The van der Waals surface area contributed by atoms with Crippen LogP contribution in [0.2, 0.25) is 0 Å². The third-order valence-electron chi connectivity index (χ3n) is 3.10. The van der Waals surface area contributed by atoms with E-state index < -0.39 is 0 Å². The van der Waals surface area contributed by atoms with E-state index in [0.717, 1.165) is 4.57 Å². The van der Waals surface area contributed by atoms with Crippen LogP contribution in [0.1, 0.15) is 19.7 Å². The number of rotatable bonds is 3. The number of aryl methyl sites for hydroxylation is 1. The zero-order chi connectivity index (χ0) is 15.0. The van der Waals surface area contributed by atoms with Crippen LogP contribution >= 0.6 is 11.8 Å². The number of hydrogen-bond donors (Lipinski definition) is 0. The molecule has 0 radical (unpaired) electrons. The summed E-state index contributed by atoms with van der Waals surface area (Å²) in [7, 11) is 3.09. The molecule has 0 unspecified atom stereocenters.